The number of aromatic nitrogens is 4. The molecule has 1 amide bonds. The van der Waals surface area contributed by atoms with Crippen molar-refractivity contribution in [1.82, 2.24) is 23.8 Å². The third-order valence-corrected chi connectivity index (χ3v) is 6.18. The summed E-state index contributed by atoms with van der Waals surface area (Å²) in [4.78, 5) is 23.6. The summed E-state index contributed by atoms with van der Waals surface area (Å²) in [6.07, 6.45) is 11.3. The highest BCUT2D eigenvalue weighted by Gasteiger charge is 2.31. The number of carbonyl (C=O) groups excluding carboxylic acids is 1. The minimum Gasteiger partial charge on any atom is -0.336 e. The van der Waals surface area contributed by atoms with Gasteiger partial charge >= 0.3 is 0 Å². The Morgan fingerprint density at radius 3 is 2.86 bits per heavy atom. The summed E-state index contributed by atoms with van der Waals surface area (Å²) in [6.45, 7) is 2.21. The fourth-order valence-corrected chi connectivity index (χ4v) is 4.41. The zero-order valence-corrected chi connectivity index (χ0v) is 15.8. The molecular formula is C21H24FN5O. The van der Waals surface area contributed by atoms with Crippen molar-refractivity contribution >= 4 is 11.6 Å². The summed E-state index contributed by atoms with van der Waals surface area (Å²) in [5.41, 5.74) is 0.359. The van der Waals surface area contributed by atoms with Gasteiger partial charge in [0.05, 0.1) is 0 Å². The van der Waals surface area contributed by atoms with E-state index in [4.69, 9.17) is 0 Å². The van der Waals surface area contributed by atoms with E-state index in [-0.39, 0.29) is 17.5 Å². The van der Waals surface area contributed by atoms with E-state index in [1.165, 1.54) is 23.7 Å². The monoisotopic (exact) mass is 381 g/mol. The molecule has 0 aromatic carbocycles. The molecule has 4 heterocycles. The maximum Gasteiger partial charge on any atom is 0.277 e. The molecule has 0 spiro atoms. The zero-order valence-electron chi connectivity index (χ0n) is 15.8. The Morgan fingerprint density at radius 1 is 1.18 bits per heavy atom. The summed E-state index contributed by atoms with van der Waals surface area (Å²) < 4.78 is 18.3. The number of fused-ring (bicyclic) bond motifs is 1. The van der Waals surface area contributed by atoms with Gasteiger partial charge in [-0.3, -0.25) is 9.20 Å². The molecule has 1 unspecified atom stereocenters. The number of pyridine rings is 1. The molecular weight excluding hydrogens is 357 g/mol. The summed E-state index contributed by atoms with van der Waals surface area (Å²) in [5, 5.41) is 0. The van der Waals surface area contributed by atoms with Crippen LogP contribution in [-0.4, -0.2) is 42.8 Å². The number of carbonyl (C=O) groups is 1. The van der Waals surface area contributed by atoms with Crippen molar-refractivity contribution in [3.8, 4) is 0 Å². The molecule has 1 aliphatic heterocycles. The standard InChI is InChI=1S/C21H24FN5O/c22-19-18(24-17-8-1-2-11-27(17)19)21(28)26-10-4-7-16(14-26)20-23-9-12-25(20)13-15-5-3-6-15/h1-2,8-9,11-12,15-16H,3-7,10,13-14H2. The molecule has 28 heavy (non-hydrogen) atoms. The molecule has 7 heteroatoms. The molecule has 1 atom stereocenters. The average Bonchev–Trinajstić information content (AvgIpc) is 3.29. The lowest BCUT2D eigenvalue weighted by molar-refractivity contribution is 0.0692. The fourth-order valence-electron chi connectivity index (χ4n) is 4.41. The maximum absolute atomic E-state index is 14.7. The van der Waals surface area contributed by atoms with E-state index in [0.717, 1.165) is 31.1 Å². The van der Waals surface area contributed by atoms with Crippen molar-refractivity contribution in [3.63, 3.8) is 0 Å². The number of hydrogen-bond donors (Lipinski definition) is 0. The topological polar surface area (TPSA) is 55.4 Å². The summed E-state index contributed by atoms with van der Waals surface area (Å²) in [5.74, 6) is 1.08. The predicted molar refractivity (Wildman–Crippen MR) is 103 cm³/mol. The molecule has 0 radical (unpaired) electrons. The molecule has 6 nitrogen and oxygen atoms in total. The third-order valence-electron chi connectivity index (χ3n) is 6.18. The Morgan fingerprint density at radius 2 is 2.07 bits per heavy atom. The van der Waals surface area contributed by atoms with E-state index in [9.17, 15) is 9.18 Å². The predicted octanol–water partition coefficient (Wildman–Crippen LogP) is 3.49. The molecule has 2 aliphatic rings. The van der Waals surface area contributed by atoms with E-state index in [1.54, 1.807) is 29.3 Å². The van der Waals surface area contributed by atoms with Crippen molar-refractivity contribution < 1.29 is 9.18 Å². The van der Waals surface area contributed by atoms with Crippen LogP contribution >= 0.6 is 0 Å². The number of rotatable bonds is 4. The van der Waals surface area contributed by atoms with E-state index in [1.807, 2.05) is 6.20 Å². The Bertz CT molecular complexity index is 1010. The maximum atomic E-state index is 14.7. The second-order valence-electron chi connectivity index (χ2n) is 8.01. The van der Waals surface area contributed by atoms with Crippen LogP contribution in [0.25, 0.3) is 5.65 Å². The van der Waals surface area contributed by atoms with Crippen LogP contribution in [-0.2, 0) is 6.54 Å². The average molecular weight is 381 g/mol. The SMILES string of the molecule is O=C(c1nc2ccccn2c1F)N1CCCC(c2nccn2CC2CCC2)C1. The van der Waals surface area contributed by atoms with Crippen molar-refractivity contribution in [2.45, 2.75) is 44.6 Å². The summed E-state index contributed by atoms with van der Waals surface area (Å²) >= 11 is 0. The first kappa shape index (κ1) is 17.4. The molecule has 1 aliphatic carbocycles. The molecule has 2 fully saturated rings. The number of nitrogens with zero attached hydrogens (tertiary/aromatic N) is 5. The molecule has 5 rings (SSSR count). The van der Waals surface area contributed by atoms with Crippen LogP contribution in [0.3, 0.4) is 0 Å². The quantitative estimate of drug-likeness (QED) is 0.695. The first-order valence-corrected chi connectivity index (χ1v) is 10.1. The fraction of sp³-hybridized carbons (Fsp3) is 0.476. The largest absolute Gasteiger partial charge is 0.336 e. The molecule has 146 valence electrons. The molecule has 1 saturated heterocycles. The van der Waals surface area contributed by atoms with Gasteiger partial charge in [-0.25, -0.2) is 9.97 Å². The Kier molecular flexibility index (Phi) is 4.37. The summed E-state index contributed by atoms with van der Waals surface area (Å²) in [6, 6.07) is 5.22. The lowest BCUT2D eigenvalue weighted by Crippen LogP contribution is -2.40. The number of imidazole rings is 2. The Hall–Kier alpha value is -2.70. The lowest BCUT2D eigenvalue weighted by Gasteiger charge is -2.33. The first-order valence-electron chi connectivity index (χ1n) is 10.1. The van der Waals surface area contributed by atoms with Crippen molar-refractivity contribution in [2.75, 3.05) is 13.1 Å². The summed E-state index contributed by atoms with van der Waals surface area (Å²) in [7, 11) is 0. The van der Waals surface area contributed by atoms with E-state index in [0.29, 0.717) is 18.7 Å². The second kappa shape index (κ2) is 7.04. The number of likely N-dealkylation sites (tertiary alicyclic amines) is 1. The minimum absolute atomic E-state index is 0.0929. The van der Waals surface area contributed by atoms with Gasteiger partial charge in [0.25, 0.3) is 5.91 Å². The smallest absolute Gasteiger partial charge is 0.277 e. The number of piperidine rings is 1. The highest BCUT2D eigenvalue weighted by atomic mass is 19.1. The number of hydrogen-bond acceptors (Lipinski definition) is 3. The van der Waals surface area contributed by atoms with Crippen molar-refractivity contribution in [2.24, 2.45) is 5.92 Å². The molecule has 3 aromatic heterocycles. The molecule has 0 N–H and O–H groups in total. The van der Waals surface area contributed by atoms with Crippen LogP contribution in [0.2, 0.25) is 0 Å². The Balaban J connectivity index is 1.36. The van der Waals surface area contributed by atoms with Gasteiger partial charge < -0.3 is 9.47 Å². The number of amides is 1. The zero-order chi connectivity index (χ0) is 19.1. The number of halogens is 1. The highest BCUT2D eigenvalue weighted by molar-refractivity contribution is 5.93. The van der Waals surface area contributed by atoms with Crippen molar-refractivity contribution in [1.29, 1.82) is 0 Å². The van der Waals surface area contributed by atoms with Gasteiger partial charge in [-0.1, -0.05) is 12.5 Å². The van der Waals surface area contributed by atoms with Gasteiger partial charge in [0.1, 0.15) is 11.5 Å². The Labute approximate surface area is 163 Å². The van der Waals surface area contributed by atoms with Gasteiger partial charge in [-0.15, -0.1) is 0 Å². The van der Waals surface area contributed by atoms with Crippen LogP contribution in [0.4, 0.5) is 4.39 Å². The second-order valence-corrected chi connectivity index (χ2v) is 8.01. The van der Waals surface area contributed by atoms with Crippen LogP contribution in [0.15, 0.2) is 36.8 Å². The van der Waals surface area contributed by atoms with Crippen LogP contribution in [0, 0.1) is 11.9 Å². The van der Waals surface area contributed by atoms with Gasteiger partial charge in [0.2, 0.25) is 5.95 Å². The van der Waals surface area contributed by atoms with E-state index >= 15 is 0 Å². The third kappa shape index (κ3) is 2.99. The molecule has 3 aromatic rings. The highest BCUT2D eigenvalue weighted by Crippen LogP contribution is 2.31. The van der Waals surface area contributed by atoms with Crippen LogP contribution in [0.1, 0.15) is 54.3 Å². The van der Waals surface area contributed by atoms with Gasteiger partial charge in [0, 0.05) is 44.1 Å². The van der Waals surface area contributed by atoms with Crippen molar-refractivity contribution in [3.05, 3.63) is 54.3 Å². The molecule has 1 saturated carbocycles. The first-order chi connectivity index (χ1) is 13.7. The molecule has 0 bridgehead atoms. The van der Waals surface area contributed by atoms with Gasteiger partial charge in [-0.05, 0) is 43.7 Å². The minimum atomic E-state index is -0.589. The van der Waals surface area contributed by atoms with Gasteiger partial charge in [-0.2, -0.15) is 4.39 Å². The van der Waals surface area contributed by atoms with E-state index < -0.39 is 5.95 Å². The van der Waals surface area contributed by atoms with E-state index in [2.05, 4.69) is 20.7 Å². The van der Waals surface area contributed by atoms with Gasteiger partial charge in [0.15, 0.2) is 5.69 Å². The lowest BCUT2D eigenvalue weighted by atomic mass is 9.85. The van der Waals surface area contributed by atoms with Crippen LogP contribution in [0.5, 0.6) is 0 Å². The normalized spacial score (nSPS) is 20.5. The van der Waals surface area contributed by atoms with Crippen LogP contribution < -0.4 is 0 Å².